The maximum atomic E-state index is 12.7. The largest absolute Gasteiger partial charge is 0.246 e. The second kappa shape index (κ2) is 6.14. The minimum Gasteiger partial charge on any atom is -0.244 e. The van der Waals surface area contributed by atoms with Gasteiger partial charge >= 0.3 is 0 Å². The first-order chi connectivity index (χ1) is 10.0. The zero-order valence-electron chi connectivity index (χ0n) is 11.4. The van der Waals surface area contributed by atoms with E-state index in [1.54, 1.807) is 13.0 Å². The molecule has 1 aliphatic rings. The summed E-state index contributed by atoms with van der Waals surface area (Å²) in [5.74, 6) is 0. The van der Waals surface area contributed by atoms with E-state index in [1.807, 2.05) is 0 Å². The van der Waals surface area contributed by atoms with Crippen molar-refractivity contribution in [2.24, 2.45) is 4.99 Å². The maximum absolute atomic E-state index is 12.7. The SMILES string of the molecule is CC1CC(N=C=O)CCN1S(=O)(=O)c1cccnc1C#N. The van der Waals surface area contributed by atoms with Gasteiger partial charge in [0.25, 0.3) is 0 Å². The molecule has 0 N–H and O–H groups in total. The predicted octanol–water partition coefficient (Wildman–Crippen LogP) is 0.831. The minimum absolute atomic E-state index is 0.0864. The van der Waals surface area contributed by atoms with Crippen LogP contribution in [0.4, 0.5) is 0 Å². The lowest BCUT2D eigenvalue weighted by Gasteiger charge is -2.34. The lowest BCUT2D eigenvalue weighted by molar-refractivity contribution is 0.248. The van der Waals surface area contributed by atoms with Crippen LogP contribution in [0.25, 0.3) is 0 Å². The van der Waals surface area contributed by atoms with E-state index in [4.69, 9.17) is 5.26 Å². The highest BCUT2D eigenvalue weighted by atomic mass is 32.2. The van der Waals surface area contributed by atoms with Gasteiger partial charge in [-0.05, 0) is 31.9 Å². The van der Waals surface area contributed by atoms with Crippen molar-refractivity contribution in [3.8, 4) is 6.07 Å². The molecule has 1 fully saturated rings. The highest BCUT2D eigenvalue weighted by Gasteiger charge is 2.35. The van der Waals surface area contributed by atoms with Crippen molar-refractivity contribution < 1.29 is 13.2 Å². The molecule has 0 radical (unpaired) electrons. The van der Waals surface area contributed by atoms with Crippen LogP contribution < -0.4 is 0 Å². The number of carbonyl (C=O) groups excluding carboxylic acids is 1. The molecule has 0 amide bonds. The van der Waals surface area contributed by atoms with Crippen molar-refractivity contribution in [3.05, 3.63) is 24.0 Å². The second-order valence-electron chi connectivity index (χ2n) is 4.83. The van der Waals surface area contributed by atoms with Gasteiger partial charge < -0.3 is 0 Å². The Hall–Kier alpha value is -2.07. The minimum atomic E-state index is -3.78. The molecule has 110 valence electrons. The van der Waals surface area contributed by atoms with Gasteiger partial charge in [-0.3, -0.25) is 0 Å². The van der Waals surface area contributed by atoms with Crippen molar-refractivity contribution in [3.63, 3.8) is 0 Å². The van der Waals surface area contributed by atoms with E-state index in [0.29, 0.717) is 12.8 Å². The molecular formula is C13H14N4O3S. The van der Waals surface area contributed by atoms with Crippen LogP contribution >= 0.6 is 0 Å². The lowest BCUT2D eigenvalue weighted by Crippen LogP contribution is -2.45. The number of nitrogens with zero attached hydrogens (tertiary/aromatic N) is 4. The van der Waals surface area contributed by atoms with E-state index in [0.717, 1.165) is 0 Å². The smallest absolute Gasteiger partial charge is 0.244 e. The summed E-state index contributed by atoms with van der Waals surface area (Å²) < 4.78 is 26.7. The van der Waals surface area contributed by atoms with E-state index in [1.165, 1.54) is 28.7 Å². The summed E-state index contributed by atoms with van der Waals surface area (Å²) in [5.41, 5.74) is -0.113. The quantitative estimate of drug-likeness (QED) is 0.607. The first kappa shape index (κ1) is 15.3. The Morgan fingerprint density at radius 1 is 1.52 bits per heavy atom. The zero-order chi connectivity index (χ0) is 15.5. The van der Waals surface area contributed by atoms with Crippen molar-refractivity contribution in [1.82, 2.24) is 9.29 Å². The normalized spacial score (nSPS) is 23.0. The average Bonchev–Trinajstić information content (AvgIpc) is 2.47. The first-order valence-electron chi connectivity index (χ1n) is 6.44. The molecule has 0 aromatic carbocycles. The molecule has 2 atom stereocenters. The van der Waals surface area contributed by atoms with Crippen LogP contribution in [0.15, 0.2) is 28.2 Å². The molecule has 1 aliphatic heterocycles. The summed E-state index contributed by atoms with van der Waals surface area (Å²) in [6, 6.07) is 4.16. The van der Waals surface area contributed by atoms with Crippen LogP contribution in [0.5, 0.6) is 0 Å². The number of aliphatic imine (C=N–C) groups is 1. The number of pyridine rings is 1. The fraction of sp³-hybridized carbons (Fsp3) is 0.462. The summed E-state index contributed by atoms with van der Waals surface area (Å²) in [4.78, 5) is 17.7. The van der Waals surface area contributed by atoms with Crippen LogP contribution in [0, 0.1) is 11.3 Å². The van der Waals surface area contributed by atoms with Crippen molar-refractivity contribution in [1.29, 1.82) is 5.26 Å². The molecule has 0 saturated carbocycles. The van der Waals surface area contributed by atoms with Gasteiger partial charge in [0.1, 0.15) is 11.0 Å². The molecule has 2 heterocycles. The van der Waals surface area contributed by atoms with Gasteiger partial charge in [-0.15, -0.1) is 0 Å². The Bertz CT molecular complexity index is 719. The molecule has 21 heavy (non-hydrogen) atoms. The van der Waals surface area contributed by atoms with Crippen LogP contribution in [0.2, 0.25) is 0 Å². The number of piperidine rings is 1. The van der Waals surface area contributed by atoms with E-state index < -0.39 is 10.0 Å². The predicted molar refractivity (Wildman–Crippen MR) is 73.4 cm³/mol. The number of nitriles is 1. The third-order valence-electron chi connectivity index (χ3n) is 3.49. The first-order valence-corrected chi connectivity index (χ1v) is 7.88. The van der Waals surface area contributed by atoms with Crippen LogP contribution in [-0.4, -0.2) is 42.4 Å². The third kappa shape index (κ3) is 3.00. The van der Waals surface area contributed by atoms with E-state index in [2.05, 4.69) is 9.98 Å². The number of isocyanates is 1. The summed E-state index contributed by atoms with van der Waals surface area (Å²) in [6.07, 6.45) is 3.81. The van der Waals surface area contributed by atoms with Crippen molar-refractivity contribution >= 4 is 16.1 Å². The lowest BCUT2D eigenvalue weighted by atomic mass is 10.0. The number of hydrogen-bond acceptors (Lipinski definition) is 6. The molecule has 1 aromatic rings. The van der Waals surface area contributed by atoms with E-state index in [-0.39, 0.29) is 29.2 Å². The highest BCUT2D eigenvalue weighted by Crippen LogP contribution is 2.27. The molecule has 8 heteroatoms. The Kier molecular flexibility index (Phi) is 4.48. The van der Waals surface area contributed by atoms with Crippen molar-refractivity contribution in [2.45, 2.75) is 36.7 Å². The Morgan fingerprint density at radius 2 is 2.29 bits per heavy atom. The average molecular weight is 306 g/mol. The Labute approximate surface area is 123 Å². The fourth-order valence-corrected chi connectivity index (χ4v) is 4.24. The van der Waals surface area contributed by atoms with Gasteiger partial charge in [0.15, 0.2) is 5.69 Å². The van der Waals surface area contributed by atoms with Crippen LogP contribution in [-0.2, 0) is 14.8 Å². The third-order valence-corrected chi connectivity index (χ3v) is 5.53. The summed E-state index contributed by atoms with van der Waals surface area (Å²) in [7, 11) is -3.78. The second-order valence-corrected chi connectivity index (χ2v) is 6.68. The van der Waals surface area contributed by atoms with Crippen LogP contribution in [0.1, 0.15) is 25.5 Å². The zero-order valence-corrected chi connectivity index (χ0v) is 12.2. The Balaban J connectivity index is 2.33. The molecule has 1 aromatic heterocycles. The molecule has 7 nitrogen and oxygen atoms in total. The Morgan fingerprint density at radius 3 is 2.90 bits per heavy atom. The number of aromatic nitrogens is 1. The van der Waals surface area contributed by atoms with Gasteiger partial charge in [0, 0.05) is 18.8 Å². The molecule has 0 spiro atoms. The van der Waals surface area contributed by atoms with Gasteiger partial charge in [-0.25, -0.2) is 23.2 Å². The summed E-state index contributed by atoms with van der Waals surface area (Å²) >= 11 is 0. The van der Waals surface area contributed by atoms with Gasteiger partial charge in [-0.1, -0.05) is 0 Å². The highest BCUT2D eigenvalue weighted by molar-refractivity contribution is 7.89. The van der Waals surface area contributed by atoms with Crippen LogP contribution in [0.3, 0.4) is 0 Å². The fourth-order valence-electron chi connectivity index (χ4n) is 2.48. The molecule has 2 unspecified atom stereocenters. The maximum Gasteiger partial charge on any atom is 0.246 e. The molecule has 0 bridgehead atoms. The van der Waals surface area contributed by atoms with Gasteiger partial charge in [0.05, 0.1) is 6.04 Å². The topological polar surface area (TPSA) is 103 Å². The van der Waals surface area contributed by atoms with Gasteiger partial charge in [0.2, 0.25) is 16.1 Å². The summed E-state index contributed by atoms with van der Waals surface area (Å²) in [6.45, 7) is 2.01. The van der Waals surface area contributed by atoms with Crippen molar-refractivity contribution in [2.75, 3.05) is 6.54 Å². The number of hydrogen-bond donors (Lipinski definition) is 0. The number of rotatable bonds is 3. The van der Waals surface area contributed by atoms with E-state index >= 15 is 0 Å². The molecule has 0 aliphatic carbocycles. The standard InChI is InChI=1S/C13H14N4O3S/c1-10-7-11(16-9-18)4-6-17(10)21(19,20)13-3-2-5-15-12(13)8-14/h2-3,5,10-11H,4,6-7H2,1H3. The number of sulfonamides is 1. The molecular weight excluding hydrogens is 292 g/mol. The molecule has 2 rings (SSSR count). The summed E-state index contributed by atoms with van der Waals surface area (Å²) in [5, 5.41) is 9.00. The monoisotopic (exact) mass is 306 g/mol. The van der Waals surface area contributed by atoms with E-state index in [9.17, 15) is 13.2 Å². The molecule has 1 saturated heterocycles. The van der Waals surface area contributed by atoms with Gasteiger partial charge in [-0.2, -0.15) is 9.57 Å².